The minimum absolute atomic E-state index is 0.0371. The maximum Gasteiger partial charge on any atom is 0.279 e. The number of anilines is 1. The molecule has 25 heavy (non-hydrogen) atoms. The molecular formula is C19H23N3O3. The Morgan fingerprint density at radius 1 is 1.40 bits per heavy atom. The fourth-order valence-electron chi connectivity index (χ4n) is 3.89. The summed E-state index contributed by atoms with van der Waals surface area (Å²) >= 11 is 0. The molecule has 132 valence electrons. The predicted octanol–water partition coefficient (Wildman–Crippen LogP) is 3.03. The third kappa shape index (κ3) is 2.70. The molecule has 4 rings (SSSR count). The second-order valence-electron chi connectivity index (χ2n) is 6.81. The first-order valence-corrected chi connectivity index (χ1v) is 8.80. The molecule has 0 aliphatic carbocycles. The number of benzene rings is 1. The van der Waals surface area contributed by atoms with E-state index in [1.165, 1.54) is 0 Å². The van der Waals surface area contributed by atoms with Crippen LogP contribution in [0.3, 0.4) is 0 Å². The molecule has 2 aliphatic heterocycles. The molecule has 0 bridgehead atoms. The van der Waals surface area contributed by atoms with E-state index in [9.17, 15) is 4.79 Å². The molecule has 1 N–H and O–H groups in total. The lowest BCUT2D eigenvalue weighted by Gasteiger charge is -2.30. The summed E-state index contributed by atoms with van der Waals surface area (Å²) in [6, 6.07) is 5.90. The Bertz CT molecular complexity index is 814. The van der Waals surface area contributed by atoms with E-state index >= 15 is 0 Å². The molecule has 2 aliphatic rings. The van der Waals surface area contributed by atoms with Crippen molar-refractivity contribution in [3.8, 4) is 5.75 Å². The van der Waals surface area contributed by atoms with Crippen molar-refractivity contribution in [2.24, 2.45) is 0 Å². The predicted molar refractivity (Wildman–Crippen MR) is 94.2 cm³/mol. The number of aromatic nitrogens is 2. The fraction of sp³-hybridized carbons (Fsp3) is 0.474. The van der Waals surface area contributed by atoms with Crippen molar-refractivity contribution in [2.45, 2.75) is 45.3 Å². The third-order valence-corrected chi connectivity index (χ3v) is 5.09. The van der Waals surface area contributed by atoms with Crippen LogP contribution in [0.2, 0.25) is 0 Å². The molecule has 0 radical (unpaired) electrons. The van der Waals surface area contributed by atoms with Crippen LogP contribution in [0.4, 0.5) is 5.69 Å². The van der Waals surface area contributed by atoms with Crippen LogP contribution in [0.15, 0.2) is 18.2 Å². The maximum atomic E-state index is 13.2. The third-order valence-electron chi connectivity index (χ3n) is 5.09. The Morgan fingerprint density at radius 3 is 3.04 bits per heavy atom. The van der Waals surface area contributed by atoms with E-state index in [0.29, 0.717) is 18.7 Å². The van der Waals surface area contributed by atoms with Gasteiger partial charge in [0.15, 0.2) is 5.69 Å². The van der Waals surface area contributed by atoms with Crippen LogP contribution in [0.5, 0.6) is 5.75 Å². The summed E-state index contributed by atoms with van der Waals surface area (Å²) in [6.07, 6.45) is 2.63. The zero-order valence-electron chi connectivity index (χ0n) is 14.8. The summed E-state index contributed by atoms with van der Waals surface area (Å²) in [5.41, 5.74) is 4.56. The zero-order valence-corrected chi connectivity index (χ0v) is 14.8. The summed E-state index contributed by atoms with van der Waals surface area (Å²) in [5.74, 6) is 0.787. The number of hydrogen-bond acceptors (Lipinski definition) is 4. The van der Waals surface area contributed by atoms with Gasteiger partial charge in [0.2, 0.25) is 0 Å². The Kier molecular flexibility index (Phi) is 4.00. The number of hydrogen-bond donors (Lipinski definition) is 1. The van der Waals surface area contributed by atoms with Crippen LogP contribution in [0, 0.1) is 0 Å². The molecule has 1 aromatic carbocycles. The number of aryl methyl sites for hydroxylation is 1. The van der Waals surface area contributed by atoms with Crippen molar-refractivity contribution in [1.82, 2.24) is 10.2 Å². The second-order valence-corrected chi connectivity index (χ2v) is 6.81. The van der Waals surface area contributed by atoms with Crippen molar-refractivity contribution in [2.75, 3.05) is 18.6 Å². The van der Waals surface area contributed by atoms with Crippen molar-refractivity contribution in [3.05, 3.63) is 40.7 Å². The molecular weight excluding hydrogens is 318 g/mol. The highest BCUT2D eigenvalue weighted by Crippen LogP contribution is 2.34. The molecule has 0 spiro atoms. The summed E-state index contributed by atoms with van der Waals surface area (Å²) in [6.45, 7) is 4.73. The molecule has 6 heteroatoms. The average molecular weight is 341 g/mol. The van der Waals surface area contributed by atoms with E-state index in [-0.39, 0.29) is 18.1 Å². The van der Waals surface area contributed by atoms with Crippen LogP contribution in [-0.2, 0) is 17.6 Å². The Hall–Kier alpha value is -2.34. The summed E-state index contributed by atoms with van der Waals surface area (Å²) < 4.78 is 11.1. The SMILES string of the molecule is COc1ccc2c(c1)CCCN2C(=O)c1n[nH]c2c1C[C@H](C)O[C@@H]2C. The first kappa shape index (κ1) is 16.1. The van der Waals surface area contributed by atoms with E-state index in [4.69, 9.17) is 9.47 Å². The van der Waals surface area contributed by atoms with Crippen LogP contribution in [0.1, 0.15) is 53.7 Å². The van der Waals surface area contributed by atoms with Gasteiger partial charge in [0.05, 0.1) is 25.0 Å². The van der Waals surface area contributed by atoms with Gasteiger partial charge in [-0.15, -0.1) is 0 Å². The number of ether oxygens (including phenoxy) is 2. The molecule has 3 heterocycles. The first-order valence-electron chi connectivity index (χ1n) is 8.80. The topological polar surface area (TPSA) is 67.5 Å². The van der Waals surface area contributed by atoms with Crippen LogP contribution in [-0.4, -0.2) is 35.9 Å². The number of aromatic amines is 1. The summed E-state index contributed by atoms with van der Waals surface area (Å²) in [7, 11) is 1.66. The highest BCUT2D eigenvalue weighted by molar-refractivity contribution is 6.06. The number of methoxy groups -OCH3 is 1. The van der Waals surface area contributed by atoms with Crippen molar-refractivity contribution >= 4 is 11.6 Å². The molecule has 1 amide bonds. The largest absolute Gasteiger partial charge is 0.497 e. The number of amides is 1. The normalized spacial score (nSPS) is 22.3. The van der Waals surface area contributed by atoms with Gasteiger partial charge in [-0.3, -0.25) is 9.89 Å². The van der Waals surface area contributed by atoms with Gasteiger partial charge < -0.3 is 14.4 Å². The average Bonchev–Trinajstić information content (AvgIpc) is 3.04. The summed E-state index contributed by atoms with van der Waals surface area (Å²) in [4.78, 5) is 15.1. The molecule has 0 unspecified atom stereocenters. The van der Waals surface area contributed by atoms with Gasteiger partial charge in [0, 0.05) is 24.2 Å². The minimum Gasteiger partial charge on any atom is -0.497 e. The van der Waals surface area contributed by atoms with Crippen LogP contribution < -0.4 is 9.64 Å². The van der Waals surface area contributed by atoms with Gasteiger partial charge in [-0.05, 0) is 50.5 Å². The molecule has 1 aromatic heterocycles. The standard InChI is InChI=1S/C19H23N3O3/c1-11-9-15-17(12(2)25-11)20-21-18(15)19(23)22-8-4-5-13-10-14(24-3)6-7-16(13)22/h6-7,10-12H,4-5,8-9H2,1-3H3,(H,20,21)/t11-,12+/m0/s1. The zero-order chi connectivity index (χ0) is 17.6. The van der Waals surface area contributed by atoms with Gasteiger partial charge in [-0.2, -0.15) is 5.10 Å². The Labute approximate surface area is 147 Å². The number of fused-ring (bicyclic) bond motifs is 2. The molecule has 2 aromatic rings. The number of carbonyl (C=O) groups is 1. The lowest BCUT2D eigenvalue weighted by atomic mass is 9.97. The molecule has 2 atom stereocenters. The Morgan fingerprint density at radius 2 is 2.24 bits per heavy atom. The second kappa shape index (κ2) is 6.19. The van der Waals surface area contributed by atoms with Crippen molar-refractivity contribution in [3.63, 3.8) is 0 Å². The minimum atomic E-state index is -0.0642. The van der Waals surface area contributed by atoms with E-state index in [1.54, 1.807) is 7.11 Å². The Balaban J connectivity index is 1.70. The number of nitrogens with zero attached hydrogens (tertiary/aromatic N) is 2. The number of carbonyl (C=O) groups excluding carboxylic acids is 1. The molecule has 6 nitrogen and oxygen atoms in total. The lowest BCUT2D eigenvalue weighted by Crippen LogP contribution is -2.36. The van der Waals surface area contributed by atoms with E-state index in [1.807, 2.05) is 36.9 Å². The van der Waals surface area contributed by atoms with Crippen molar-refractivity contribution in [1.29, 1.82) is 0 Å². The van der Waals surface area contributed by atoms with Crippen LogP contribution in [0.25, 0.3) is 0 Å². The number of nitrogens with one attached hydrogen (secondary N) is 1. The van der Waals surface area contributed by atoms with E-state index < -0.39 is 0 Å². The van der Waals surface area contributed by atoms with Crippen LogP contribution >= 0.6 is 0 Å². The van der Waals surface area contributed by atoms with Gasteiger partial charge in [-0.25, -0.2) is 0 Å². The summed E-state index contributed by atoms with van der Waals surface area (Å²) in [5, 5.41) is 7.36. The first-order chi connectivity index (χ1) is 12.1. The van der Waals surface area contributed by atoms with Gasteiger partial charge in [0.1, 0.15) is 5.75 Å². The quantitative estimate of drug-likeness (QED) is 0.912. The molecule has 0 fully saturated rings. The van der Waals surface area contributed by atoms with E-state index in [2.05, 4.69) is 10.2 Å². The van der Waals surface area contributed by atoms with Crippen molar-refractivity contribution < 1.29 is 14.3 Å². The number of H-pyrrole nitrogens is 1. The maximum absolute atomic E-state index is 13.2. The molecule has 0 saturated carbocycles. The monoisotopic (exact) mass is 341 g/mol. The lowest BCUT2D eigenvalue weighted by molar-refractivity contribution is -0.00696. The number of rotatable bonds is 2. The molecule has 0 saturated heterocycles. The van der Waals surface area contributed by atoms with Gasteiger partial charge in [-0.1, -0.05) is 0 Å². The van der Waals surface area contributed by atoms with E-state index in [0.717, 1.165) is 41.1 Å². The smallest absolute Gasteiger partial charge is 0.279 e. The highest BCUT2D eigenvalue weighted by Gasteiger charge is 2.33. The van der Waals surface area contributed by atoms with Gasteiger partial charge >= 0.3 is 0 Å². The van der Waals surface area contributed by atoms with Gasteiger partial charge in [0.25, 0.3) is 5.91 Å². The fourth-order valence-corrected chi connectivity index (χ4v) is 3.89. The highest BCUT2D eigenvalue weighted by atomic mass is 16.5.